The van der Waals surface area contributed by atoms with E-state index >= 15 is 0 Å². The van der Waals surface area contributed by atoms with E-state index in [1.807, 2.05) is 36.5 Å². The van der Waals surface area contributed by atoms with Gasteiger partial charge in [0.25, 0.3) is 0 Å². The van der Waals surface area contributed by atoms with Gasteiger partial charge >= 0.3 is 0 Å². The smallest absolute Gasteiger partial charge is 0.169 e. The number of aryl methyl sites for hydroxylation is 1. The molecule has 37 heavy (non-hydrogen) atoms. The van der Waals surface area contributed by atoms with Gasteiger partial charge in [0.2, 0.25) is 0 Å². The number of unbranched alkanes of at least 4 members (excludes halogenated alkanes) is 6. The summed E-state index contributed by atoms with van der Waals surface area (Å²) in [4.78, 5) is 4.68. The third kappa shape index (κ3) is 7.13. The minimum absolute atomic E-state index is 0.704. The van der Waals surface area contributed by atoms with Gasteiger partial charge in [0.1, 0.15) is 0 Å². The van der Waals surface area contributed by atoms with Gasteiger partial charge in [-0.05, 0) is 60.4 Å². The maximum Gasteiger partial charge on any atom is 0.169 e. The summed E-state index contributed by atoms with van der Waals surface area (Å²) in [7, 11) is 0. The van der Waals surface area contributed by atoms with Gasteiger partial charge in [0.15, 0.2) is 11.5 Å². The molecule has 0 fully saturated rings. The van der Waals surface area contributed by atoms with Gasteiger partial charge in [-0.25, -0.2) is 0 Å². The van der Waals surface area contributed by atoms with Crippen molar-refractivity contribution in [3.05, 3.63) is 77.9 Å². The lowest BCUT2D eigenvalue weighted by Gasteiger charge is -2.19. The van der Waals surface area contributed by atoms with Crippen LogP contribution in [0, 0.1) is 6.92 Å². The molecule has 3 nitrogen and oxygen atoms in total. The number of hydrogen-bond acceptors (Lipinski definition) is 3. The number of para-hydroxylation sites is 1. The first-order chi connectivity index (χ1) is 18.2. The van der Waals surface area contributed by atoms with Gasteiger partial charge < -0.3 is 9.47 Å². The maximum atomic E-state index is 6.52. The summed E-state index contributed by atoms with van der Waals surface area (Å²) in [6, 6.07) is 23.2. The molecule has 0 aromatic heterocycles. The second-order valence-electron chi connectivity index (χ2n) is 9.92. The molecule has 0 heterocycles. The van der Waals surface area contributed by atoms with Crippen molar-refractivity contribution in [3.63, 3.8) is 0 Å². The van der Waals surface area contributed by atoms with Crippen LogP contribution in [0.15, 0.2) is 71.7 Å². The van der Waals surface area contributed by atoms with Crippen molar-refractivity contribution in [1.29, 1.82) is 0 Å². The quantitative estimate of drug-likeness (QED) is 0.0989. The number of hydrogen-bond donors (Lipinski definition) is 0. The fraction of sp³-hybridized carbons (Fsp3) is 0.382. The molecule has 0 aliphatic rings. The van der Waals surface area contributed by atoms with Gasteiger partial charge in [-0.1, -0.05) is 100 Å². The molecule has 0 aliphatic carbocycles. The number of benzene rings is 4. The van der Waals surface area contributed by atoms with E-state index in [4.69, 9.17) is 9.47 Å². The average molecular weight is 496 g/mol. The molecule has 0 radical (unpaired) electrons. The zero-order chi connectivity index (χ0) is 25.9. The Hall–Kier alpha value is -3.33. The molecular weight excluding hydrogens is 454 g/mol. The highest BCUT2D eigenvalue weighted by Crippen LogP contribution is 2.44. The molecule has 0 spiro atoms. The van der Waals surface area contributed by atoms with Crippen molar-refractivity contribution >= 4 is 33.4 Å². The van der Waals surface area contributed by atoms with Crippen LogP contribution in [-0.2, 0) is 0 Å². The van der Waals surface area contributed by atoms with Crippen molar-refractivity contribution in [3.8, 4) is 11.5 Å². The number of aliphatic imine (C=N–C) groups is 1. The Kier molecular flexibility index (Phi) is 9.99. The van der Waals surface area contributed by atoms with E-state index < -0.39 is 0 Å². The first kappa shape index (κ1) is 26.7. The van der Waals surface area contributed by atoms with Crippen LogP contribution < -0.4 is 9.47 Å². The highest BCUT2D eigenvalue weighted by atomic mass is 16.5. The van der Waals surface area contributed by atoms with Gasteiger partial charge in [-0.3, -0.25) is 4.99 Å². The third-order valence-electron chi connectivity index (χ3n) is 6.81. The molecule has 0 unspecified atom stereocenters. The van der Waals surface area contributed by atoms with Gasteiger partial charge in [0, 0.05) is 17.0 Å². The van der Waals surface area contributed by atoms with Crippen molar-refractivity contribution in [2.75, 3.05) is 13.2 Å². The fourth-order valence-electron chi connectivity index (χ4n) is 4.74. The minimum Gasteiger partial charge on any atom is -0.489 e. The van der Waals surface area contributed by atoms with Gasteiger partial charge in [0.05, 0.1) is 18.9 Å². The molecule has 0 aliphatic heterocycles. The molecular formula is C34H41NO2. The number of nitrogens with zero attached hydrogens (tertiary/aromatic N) is 1. The standard InChI is InChI=1S/C34H41NO2/c1-4-6-8-13-21-36-33-29-19-17-26(3)23-31(29)32-24-27(25-35-28-15-11-10-12-16-28)18-20-30(32)34(33)37-22-14-9-7-5-2/h10-12,15-20,23-25H,4-9,13-14,21-22H2,1-3H3. The second kappa shape index (κ2) is 13.8. The van der Waals surface area contributed by atoms with E-state index in [0.29, 0.717) is 13.2 Å². The fourth-order valence-corrected chi connectivity index (χ4v) is 4.74. The van der Waals surface area contributed by atoms with Crippen LogP contribution in [0.4, 0.5) is 5.69 Å². The van der Waals surface area contributed by atoms with Crippen molar-refractivity contribution in [1.82, 2.24) is 0 Å². The predicted molar refractivity (Wildman–Crippen MR) is 159 cm³/mol. The van der Waals surface area contributed by atoms with Crippen molar-refractivity contribution < 1.29 is 9.47 Å². The Labute approximate surface area is 222 Å². The summed E-state index contributed by atoms with van der Waals surface area (Å²) in [6.45, 7) is 8.04. The second-order valence-corrected chi connectivity index (χ2v) is 9.92. The topological polar surface area (TPSA) is 30.8 Å². The van der Waals surface area contributed by atoms with Crippen LogP contribution in [0.2, 0.25) is 0 Å². The Morgan fingerprint density at radius 3 is 1.84 bits per heavy atom. The first-order valence-electron chi connectivity index (χ1n) is 14.1. The monoisotopic (exact) mass is 495 g/mol. The molecule has 3 heteroatoms. The zero-order valence-corrected chi connectivity index (χ0v) is 22.8. The molecule has 0 atom stereocenters. The number of fused-ring (bicyclic) bond motifs is 3. The molecule has 4 aromatic rings. The summed E-state index contributed by atoms with van der Waals surface area (Å²) in [5.41, 5.74) is 3.26. The van der Waals surface area contributed by atoms with Gasteiger partial charge in [-0.15, -0.1) is 0 Å². The van der Waals surface area contributed by atoms with E-state index in [9.17, 15) is 0 Å². The lowest BCUT2D eigenvalue weighted by molar-refractivity contribution is 0.264. The Morgan fingerprint density at radius 2 is 1.22 bits per heavy atom. The molecule has 0 saturated carbocycles. The molecule has 0 bridgehead atoms. The first-order valence-corrected chi connectivity index (χ1v) is 14.1. The van der Waals surface area contributed by atoms with E-state index in [1.165, 1.54) is 54.9 Å². The van der Waals surface area contributed by atoms with Crippen LogP contribution >= 0.6 is 0 Å². The normalized spacial score (nSPS) is 11.5. The highest BCUT2D eigenvalue weighted by Gasteiger charge is 2.18. The number of rotatable bonds is 14. The van der Waals surface area contributed by atoms with Crippen LogP contribution in [-0.4, -0.2) is 19.4 Å². The zero-order valence-electron chi connectivity index (χ0n) is 22.8. The largest absolute Gasteiger partial charge is 0.489 e. The van der Waals surface area contributed by atoms with Crippen LogP contribution in [0.3, 0.4) is 0 Å². The minimum atomic E-state index is 0.704. The van der Waals surface area contributed by atoms with Gasteiger partial charge in [-0.2, -0.15) is 0 Å². The lowest BCUT2D eigenvalue weighted by Crippen LogP contribution is -2.04. The molecule has 0 N–H and O–H groups in total. The van der Waals surface area contributed by atoms with E-state index in [0.717, 1.165) is 46.4 Å². The molecule has 4 aromatic carbocycles. The molecule has 0 amide bonds. The van der Waals surface area contributed by atoms with Crippen molar-refractivity contribution in [2.45, 2.75) is 72.1 Å². The van der Waals surface area contributed by atoms with E-state index in [-0.39, 0.29) is 0 Å². The maximum absolute atomic E-state index is 6.52. The van der Waals surface area contributed by atoms with Crippen LogP contribution in [0.25, 0.3) is 21.5 Å². The summed E-state index contributed by atoms with van der Waals surface area (Å²) >= 11 is 0. The molecule has 4 rings (SSSR count). The lowest BCUT2D eigenvalue weighted by atomic mass is 9.97. The van der Waals surface area contributed by atoms with E-state index in [2.05, 4.69) is 62.2 Å². The Balaban J connectivity index is 1.76. The highest BCUT2D eigenvalue weighted by molar-refractivity contribution is 6.15. The summed E-state index contributed by atoms with van der Waals surface area (Å²) in [5, 5.41) is 4.60. The summed E-state index contributed by atoms with van der Waals surface area (Å²) in [5.74, 6) is 1.77. The van der Waals surface area contributed by atoms with E-state index in [1.54, 1.807) is 0 Å². The SMILES string of the molecule is CCCCCCOc1c(OCCCCCC)c2ccc(C=Nc3ccccc3)cc2c2cc(C)ccc12. The average Bonchev–Trinajstić information content (AvgIpc) is 2.93. The molecule has 0 saturated heterocycles. The number of ether oxygens (including phenoxy) is 2. The Bertz CT molecular complexity index is 1310. The predicted octanol–water partition coefficient (Wildman–Crippen LogP) is 9.97. The van der Waals surface area contributed by atoms with Crippen molar-refractivity contribution in [2.24, 2.45) is 4.99 Å². The van der Waals surface area contributed by atoms with Crippen LogP contribution in [0.1, 0.15) is 76.3 Å². The third-order valence-corrected chi connectivity index (χ3v) is 6.81. The summed E-state index contributed by atoms with van der Waals surface area (Å²) in [6.07, 6.45) is 11.4. The van der Waals surface area contributed by atoms with Crippen LogP contribution in [0.5, 0.6) is 11.5 Å². The Morgan fingerprint density at radius 1 is 0.622 bits per heavy atom. The summed E-state index contributed by atoms with van der Waals surface area (Å²) < 4.78 is 13.0. The molecule has 194 valence electrons.